The molecule has 0 spiro atoms. The molecule has 23 heavy (non-hydrogen) atoms. The summed E-state index contributed by atoms with van der Waals surface area (Å²) in [5.41, 5.74) is 3.00. The molecule has 2 heterocycles. The number of nitrogens with zero attached hydrogens (tertiary/aromatic N) is 1. The van der Waals surface area contributed by atoms with Crippen molar-refractivity contribution in [2.75, 3.05) is 11.4 Å². The van der Waals surface area contributed by atoms with Crippen LogP contribution in [0.1, 0.15) is 18.1 Å². The van der Waals surface area contributed by atoms with E-state index in [1.165, 1.54) is 6.08 Å². The summed E-state index contributed by atoms with van der Waals surface area (Å²) in [5, 5.41) is 3.86. The molecule has 0 fully saturated rings. The number of hydrogen-bond acceptors (Lipinski definition) is 4. The molecule has 0 saturated heterocycles. The van der Waals surface area contributed by atoms with Gasteiger partial charge in [-0.25, -0.2) is 4.79 Å². The fraction of sp³-hybridized carbons (Fsp3) is 0.222. The molecule has 1 aliphatic rings. The van der Waals surface area contributed by atoms with Crippen LogP contribution < -0.4 is 4.90 Å². The average Bonchev–Trinajstić information content (AvgIpc) is 3.21. The lowest BCUT2D eigenvalue weighted by molar-refractivity contribution is -0.149. The Morgan fingerprint density at radius 2 is 2.13 bits per heavy atom. The van der Waals surface area contributed by atoms with Crippen molar-refractivity contribution in [3.05, 3.63) is 58.3 Å². The van der Waals surface area contributed by atoms with Crippen molar-refractivity contribution in [2.45, 2.75) is 19.4 Å². The van der Waals surface area contributed by atoms with E-state index in [9.17, 15) is 9.59 Å². The summed E-state index contributed by atoms with van der Waals surface area (Å²) in [7, 11) is 0. The van der Waals surface area contributed by atoms with Crippen LogP contribution in [-0.4, -0.2) is 24.5 Å². The Labute approximate surface area is 139 Å². The molecule has 5 heteroatoms. The number of rotatable bonds is 4. The van der Waals surface area contributed by atoms with E-state index >= 15 is 0 Å². The standard InChI is InChI=1S/C18H17NO3S/c1-13(22-17(20)7-6-14-9-11-23-12-14)18(21)19-10-8-15-4-2-3-5-16(15)19/h2-7,9,11-13H,8,10H2,1H3/b7-6+/t13-/m1/s1. The predicted molar refractivity (Wildman–Crippen MR) is 91.4 cm³/mol. The molecule has 0 bridgehead atoms. The quantitative estimate of drug-likeness (QED) is 0.639. The van der Waals surface area contributed by atoms with Gasteiger partial charge in [-0.15, -0.1) is 0 Å². The van der Waals surface area contributed by atoms with Gasteiger partial charge in [0.1, 0.15) is 0 Å². The highest BCUT2D eigenvalue weighted by atomic mass is 32.1. The lowest BCUT2D eigenvalue weighted by Gasteiger charge is -2.21. The molecule has 1 aliphatic heterocycles. The number of carbonyl (C=O) groups excluding carboxylic acids is 2. The Bertz CT molecular complexity index is 736. The Balaban J connectivity index is 1.61. The predicted octanol–water partition coefficient (Wildman–Crippen LogP) is 3.28. The maximum absolute atomic E-state index is 12.5. The van der Waals surface area contributed by atoms with Crippen LogP contribution in [0.3, 0.4) is 0 Å². The van der Waals surface area contributed by atoms with Crippen LogP contribution in [0, 0.1) is 0 Å². The molecular formula is C18H17NO3S. The van der Waals surface area contributed by atoms with Gasteiger partial charge in [-0.3, -0.25) is 4.79 Å². The van der Waals surface area contributed by atoms with Crippen molar-refractivity contribution < 1.29 is 14.3 Å². The number of para-hydroxylation sites is 1. The summed E-state index contributed by atoms with van der Waals surface area (Å²) < 4.78 is 5.22. The number of thiophene rings is 1. The van der Waals surface area contributed by atoms with Gasteiger partial charge in [-0.1, -0.05) is 18.2 Å². The summed E-state index contributed by atoms with van der Waals surface area (Å²) >= 11 is 1.56. The molecule has 0 radical (unpaired) electrons. The van der Waals surface area contributed by atoms with Gasteiger partial charge in [0.2, 0.25) is 0 Å². The number of carbonyl (C=O) groups is 2. The fourth-order valence-electron chi connectivity index (χ4n) is 2.58. The molecular weight excluding hydrogens is 310 g/mol. The third-order valence-electron chi connectivity index (χ3n) is 3.75. The second kappa shape index (κ2) is 6.79. The highest BCUT2D eigenvalue weighted by molar-refractivity contribution is 7.08. The molecule has 1 amide bonds. The van der Waals surface area contributed by atoms with Crippen molar-refractivity contribution in [2.24, 2.45) is 0 Å². The summed E-state index contributed by atoms with van der Waals surface area (Å²) in [6, 6.07) is 9.72. The highest BCUT2D eigenvalue weighted by Gasteiger charge is 2.29. The molecule has 0 unspecified atom stereocenters. The number of benzene rings is 1. The van der Waals surface area contributed by atoms with Crippen LogP contribution in [0.25, 0.3) is 6.08 Å². The van der Waals surface area contributed by atoms with Crippen molar-refractivity contribution in [3.63, 3.8) is 0 Å². The highest BCUT2D eigenvalue weighted by Crippen LogP contribution is 2.28. The Morgan fingerprint density at radius 1 is 1.30 bits per heavy atom. The molecule has 0 N–H and O–H groups in total. The van der Waals surface area contributed by atoms with Crippen molar-refractivity contribution in [1.29, 1.82) is 0 Å². The van der Waals surface area contributed by atoms with E-state index in [0.29, 0.717) is 6.54 Å². The maximum Gasteiger partial charge on any atom is 0.331 e. The van der Waals surface area contributed by atoms with Gasteiger partial charge in [0, 0.05) is 18.3 Å². The molecule has 0 saturated carbocycles. The Kier molecular flexibility index (Phi) is 4.57. The second-order valence-corrected chi connectivity index (χ2v) is 6.12. The summed E-state index contributed by atoms with van der Waals surface area (Å²) in [6.45, 7) is 2.24. The lowest BCUT2D eigenvalue weighted by atomic mass is 10.2. The molecule has 0 aliphatic carbocycles. The summed E-state index contributed by atoms with van der Waals surface area (Å²) in [5.74, 6) is -0.697. The molecule has 118 valence electrons. The van der Waals surface area contributed by atoms with Gasteiger partial charge < -0.3 is 9.64 Å². The summed E-state index contributed by atoms with van der Waals surface area (Å²) in [6.07, 6.45) is 3.06. The third kappa shape index (κ3) is 3.51. The first-order valence-electron chi connectivity index (χ1n) is 7.45. The first kappa shape index (κ1) is 15.5. The monoisotopic (exact) mass is 327 g/mol. The number of amides is 1. The molecule has 4 nitrogen and oxygen atoms in total. The van der Waals surface area contributed by atoms with E-state index < -0.39 is 12.1 Å². The van der Waals surface area contributed by atoms with E-state index in [1.807, 2.05) is 41.1 Å². The third-order valence-corrected chi connectivity index (χ3v) is 4.45. The minimum Gasteiger partial charge on any atom is -0.449 e. The number of anilines is 1. The number of ether oxygens (including phenoxy) is 1. The molecule has 1 aromatic carbocycles. The zero-order valence-electron chi connectivity index (χ0n) is 12.8. The van der Waals surface area contributed by atoms with E-state index in [2.05, 4.69) is 0 Å². The van der Waals surface area contributed by atoms with Crippen LogP contribution in [-0.2, 0) is 20.7 Å². The largest absolute Gasteiger partial charge is 0.449 e. The fourth-order valence-corrected chi connectivity index (χ4v) is 3.21. The van der Waals surface area contributed by atoms with E-state index in [4.69, 9.17) is 4.74 Å². The van der Waals surface area contributed by atoms with Crippen LogP contribution in [0.2, 0.25) is 0 Å². The zero-order valence-corrected chi connectivity index (χ0v) is 13.6. The van der Waals surface area contributed by atoms with Gasteiger partial charge in [-0.05, 0) is 53.4 Å². The smallest absolute Gasteiger partial charge is 0.331 e. The van der Waals surface area contributed by atoms with Gasteiger partial charge in [0.25, 0.3) is 5.91 Å². The topological polar surface area (TPSA) is 46.6 Å². The van der Waals surface area contributed by atoms with Crippen LogP contribution in [0.5, 0.6) is 0 Å². The molecule has 3 rings (SSSR count). The van der Waals surface area contributed by atoms with E-state index in [1.54, 1.807) is 29.2 Å². The number of fused-ring (bicyclic) bond motifs is 1. The van der Waals surface area contributed by atoms with Crippen LogP contribution in [0.4, 0.5) is 5.69 Å². The first-order chi connectivity index (χ1) is 11.1. The minimum absolute atomic E-state index is 0.188. The van der Waals surface area contributed by atoms with Gasteiger partial charge in [-0.2, -0.15) is 11.3 Å². The van der Waals surface area contributed by atoms with Gasteiger partial charge in [0.05, 0.1) is 0 Å². The summed E-state index contributed by atoms with van der Waals surface area (Å²) in [4.78, 5) is 26.0. The lowest BCUT2D eigenvalue weighted by Crippen LogP contribution is -2.38. The van der Waals surface area contributed by atoms with Crippen molar-refractivity contribution >= 4 is 35.0 Å². The zero-order chi connectivity index (χ0) is 16.2. The van der Waals surface area contributed by atoms with Crippen LogP contribution >= 0.6 is 11.3 Å². The maximum atomic E-state index is 12.5. The average molecular weight is 327 g/mol. The second-order valence-electron chi connectivity index (χ2n) is 5.34. The number of esters is 1. The molecule has 2 aromatic rings. The molecule has 1 aromatic heterocycles. The van der Waals surface area contributed by atoms with Gasteiger partial charge in [0.15, 0.2) is 6.10 Å². The molecule has 1 atom stereocenters. The number of hydrogen-bond donors (Lipinski definition) is 0. The SMILES string of the molecule is C[C@@H](OC(=O)/C=C/c1ccsc1)C(=O)N1CCc2ccccc21. The van der Waals surface area contributed by atoms with E-state index in [0.717, 1.165) is 23.2 Å². The Morgan fingerprint density at radius 3 is 2.91 bits per heavy atom. The van der Waals surface area contributed by atoms with E-state index in [-0.39, 0.29) is 5.91 Å². The van der Waals surface area contributed by atoms with Crippen LogP contribution in [0.15, 0.2) is 47.2 Å². The van der Waals surface area contributed by atoms with Crippen molar-refractivity contribution in [1.82, 2.24) is 0 Å². The minimum atomic E-state index is -0.805. The van der Waals surface area contributed by atoms with Crippen molar-refractivity contribution in [3.8, 4) is 0 Å². The first-order valence-corrected chi connectivity index (χ1v) is 8.39. The normalized spacial score (nSPS) is 14.7. The van der Waals surface area contributed by atoms with Gasteiger partial charge >= 0.3 is 5.97 Å². The Hall–Kier alpha value is -2.40.